The second-order valence-electron chi connectivity index (χ2n) is 5.86. The zero-order valence-corrected chi connectivity index (χ0v) is 12.3. The number of piperazine rings is 1. The van der Waals surface area contributed by atoms with Gasteiger partial charge in [-0.15, -0.1) is 0 Å². The van der Waals surface area contributed by atoms with Crippen LogP contribution in [0.25, 0.3) is 0 Å². The molecule has 0 aromatic heterocycles. The molecule has 1 atom stereocenters. The first-order valence-corrected chi connectivity index (χ1v) is 6.71. The fourth-order valence-corrected chi connectivity index (χ4v) is 2.58. The zero-order valence-electron chi connectivity index (χ0n) is 12.3. The van der Waals surface area contributed by atoms with Crippen LogP contribution in [0.15, 0.2) is 24.3 Å². The van der Waals surface area contributed by atoms with Crippen molar-refractivity contribution in [3.8, 4) is 5.75 Å². The number of aliphatic hydroxyl groups is 1. The number of methoxy groups -OCH3 is 1. The van der Waals surface area contributed by atoms with E-state index in [9.17, 15) is 5.11 Å². The van der Waals surface area contributed by atoms with Crippen LogP contribution < -0.4 is 9.64 Å². The van der Waals surface area contributed by atoms with E-state index in [0.717, 1.165) is 24.5 Å². The van der Waals surface area contributed by atoms with Crippen molar-refractivity contribution in [2.24, 2.45) is 0 Å². The van der Waals surface area contributed by atoms with Crippen molar-refractivity contribution in [3.05, 3.63) is 24.3 Å². The minimum atomic E-state index is 0.0920. The molecular formula is C15H24N2O2. The molecule has 1 saturated heterocycles. The van der Waals surface area contributed by atoms with Gasteiger partial charge in [-0.3, -0.25) is 4.90 Å². The van der Waals surface area contributed by atoms with Gasteiger partial charge in [-0.1, -0.05) is 6.07 Å². The molecule has 1 fully saturated rings. The smallest absolute Gasteiger partial charge is 0.120 e. The molecule has 0 aliphatic carbocycles. The molecule has 0 radical (unpaired) electrons. The topological polar surface area (TPSA) is 35.9 Å². The molecule has 2 rings (SSSR count). The molecule has 1 aromatic rings. The second kappa shape index (κ2) is 5.39. The number of benzene rings is 1. The first kappa shape index (κ1) is 14.2. The number of nitrogens with zero attached hydrogens (tertiary/aromatic N) is 2. The van der Waals surface area contributed by atoms with E-state index >= 15 is 0 Å². The van der Waals surface area contributed by atoms with E-state index in [1.807, 2.05) is 18.2 Å². The maximum absolute atomic E-state index is 9.64. The number of aliphatic hydroxyl groups excluding tert-OH is 1. The molecule has 1 heterocycles. The summed E-state index contributed by atoms with van der Waals surface area (Å²) in [6.07, 6.45) is 0. The average molecular weight is 264 g/mol. The summed E-state index contributed by atoms with van der Waals surface area (Å²) in [5, 5.41) is 9.64. The maximum atomic E-state index is 9.64. The fourth-order valence-electron chi connectivity index (χ4n) is 2.58. The van der Waals surface area contributed by atoms with E-state index in [2.05, 4.69) is 36.8 Å². The Balaban J connectivity index is 2.29. The Morgan fingerprint density at radius 3 is 2.79 bits per heavy atom. The highest BCUT2D eigenvalue weighted by Gasteiger charge is 2.36. The lowest BCUT2D eigenvalue weighted by Crippen LogP contribution is -2.63. The first-order valence-electron chi connectivity index (χ1n) is 6.71. The number of likely N-dealkylation sites (N-methyl/N-ethyl adjacent to an activating group) is 1. The Labute approximate surface area is 115 Å². The summed E-state index contributed by atoms with van der Waals surface area (Å²) in [6.45, 7) is 6.38. The summed E-state index contributed by atoms with van der Waals surface area (Å²) >= 11 is 0. The first-order chi connectivity index (χ1) is 8.97. The Morgan fingerprint density at radius 1 is 1.42 bits per heavy atom. The van der Waals surface area contributed by atoms with Crippen LogP contribution in [0, 0.1) is 0 Å². The van der Waals surface area contributed by atoms with E-state index in [1.54, 1.807) is 7.11 Å². The third-order valence-corrected chi connectivity index (χ3v) is 4.11. The van der Waals surface area contributed by atoms with Crippen LogP contribution in [0.3, 0.4) is 0 Å². The van der Waals surface area contributed by atoms with Crippen molar-refractivity contribution in [1.29, 1.82) is 0 Å². The van der Waals surface area contributed by atoms with Crippen molar-refractivity contribution in [3.63, 3.8) is 0 Å². The van der Waals surface area contributed by atoms with E-state index in [4.69, 9.17) is 4.74 Å². The van der Waals surface area contributed by atoms with Crippen molar-refractivity contribution >= 4 is 5.69 Å². The van der Waals surface area contributed by atoms with Gasteiger partial charge < -0.3 is 14.7 Å². The van der Waals surface area contributed by atoms with Gasteiger partial charge in [0.25, 0.3) is 0 Å². The predicted molar refractivity (Wildman–Crippen MR) is 77.9 cm³/mol. The third-order valence-electron chi connectivity index (χ3n) is 4.11. The van der Waals surface area contributed by atoms with Gasteiger partial charge in [-0.05, 0) is 33.0 Å². The van der Waals surface area contributed by atoms with E-state index in [-0.39, 0.29) is 18.2 Å². The highest BCUT2D eigenvalue weighted by atomic mass is 16.5. The third kappa shape index (κ3) is 2.85. The van der Waals surface area contributed by atoms with Gasteiger partial charge in [0.15, 0.2) is 0 Å². The molecule has 0 bridgehead atoms. The SMILES string of the molecule is COc1cccc(N2CC(C)(C)N(C)CC2CO)c1. The van der Waals surface area contributed by atoms with Gasteiger partial charge >= 0.3 is 0 Å². The maximum Gasteiger partial charge on any atom is 0.120 e. The van der Waals surface area contributed by atoms with E-state index < -0.39 is 0 Å². The number of hydrogen-bond acceptors (Lipinski definition) is 4. The summed E-state index contributed by atoms with van der Waals surface area (Å²) in [7, 11) is 3.79. The second-order valence-corrected chi connectivity index (χ2v) is 5.86. The van der Waals surface area contributed by atoms with Crippen molar-refractivity contribution in [2.75, 3.05) is 38.8 Å². The molecule has 0 amide bonds. The van der Waals surface area contributed by atoms with Crippen molar-refractivity contribution in [1.82, 2.24) is 4.90 Å². The molecule has 1 aliphatic heterocycles. The van der Waals surface area contributed by atoms with Crippen LogP contribution in [0.2, 0.25) is 0 Å². The molecule has 19 heavy (non-hydrogen) atoms. The summed E-state index contributed by atoms with van der Waals surface area (Å²) in [5.74, 6) is 0.853. The molecule has 1 unspecified atom stereocenters. The minimum Gasteiger partial charge on any atom is -0.497 e. The van der Waals surface area contributed by atoms with Crippen LogP contribution >= 0.6 is 0 Å². The van der Waals surface area contributed by atoms with Gasteiger partial charge in [-0.2, -0.15) is 0 Å². The number of hydrogen-bond donors (Lipinski definition) is 1. The summed E-state index contributed by atoms with van der Waals surface area (Å²) in [5.41, 5.74) is 1.20. The Hall–Kier alpha value is -1.26. The standard InChI is InChI=1S/C15H24N2O2/c1-15(2)11-17(13(10-18)9-16(15)3)12-6-5-7-14(8-12)19-4/h5-8,13,18H,9-11H2,1-4H3. The fraction of sp³-hybridized carbons (Fsp3) is 0.600. The molecule has 106 valence electrons. The Kier molecular flexibility index (Phi) is 4.02. The van der Waals surface area contributed by atoms with Crippen molar-refractivity contribution in [2.45, 2.75) is 25.4 Å². The summed E-state index contributed by atoms with van der Waals surface area (Å²) in [6, 6.07) is 8.17. The van der Waals surface area contributed by atoms with Crippen LogP contribution in [0.4, 0.5) is 5.69 Å². The highest BCUT2D eigenvalue weighted by Crippen LogP contribution is 2.29. The molecular weight excluding hydrogens is 240 g/mol. The van der Waals surface area contributed by atoms with Crippen LogP contribution in [-0.4, -0.2) is 55.4 Å². The number of ether oxygens (including phenoxy) is 1. The molecule has 0 saturated carbocycles. The van der Waals surface area contributed by atoms with E-state index in [1.165, 1.54) is 0 Å². The Morgan fingerprint density at radius 2 is 2.16 bits per heavy atom. The van der Waals surface area contributed by atoms with Gasteiger partial charge in [-0.25, -0.2) is 0 Å². The van der Waals surface area contributed by atoms with Crippen LogP contribution in [-0.2, 0) is 0 Å². The molecule has 1 aromatic carbocycles. The Bertz CT molecular complexity index is 434. The monoisotopic (exact) mass is 264 g/mol. The molecule has 0 spiro atoms. The minimum absolute atomic E-state index is 0.0920. The predicted octanol–water partition coefficient (Wildman–Crippen LogP) is 1.59. The number of anilines is 1. The van der Waals surface area contributed by atoms with Crippen LogP contribution in [0.5, 0.6) is 5.75 Å². The summed E-state index contributed by atoms with van der Waals surface area (Å²) < 4.78 is 5.29. The van der Waals surface area contributed by atoms with Gasteiger partial charge in [0, 0.05) is 30.4 Å². The normalized spacial score (nSPS) is 23.4. The average Bonchev–Trinajstić information content (AvgIpc) is 2.41. The quantitative estimate of drug-likeness (QED) is 0.899. The summed E-state index contributed by atoms with van der Waals surface area (Å²) in [4.78, 5) is 4.59. The van der Waals surface area contributed by atoms with Gasteiger partial charge in [0.2, 0.25) is 0 Å². The highest BCUT2D eigenvalue weighted by molar-refractivity contribution is 5.52. The lowest BCUT2D eigenvalue weighted by atomic mass is 9.96. The number of rotatable bonds is 3. The van der Waals surface area contributed by atoms with Gasteiger partial charge in [0.1, 0.15) is 5.75 Å². The molecule has 4 nitrogen and oxygen atoms in total. The lowest BCUT2D eigenvalue weighted by Gasteiger charge is -2.50. The van der Waals surface area contributed by atoms with Crippen molar-refractivity contribution < 1.29 is 9.84 Å². The van der Waals surface area contributed by atoms with Gasteiger partial charge in [0.05, 0.1) is 19.8 Å². The molecule has 1 N–H and O–H groups in total. The van der Waals surface area contributed by atoms with Crippen LogP contribution in [0.1, 0.15) is 13.8 Å². The molecule has 4 heteroatoms. The molecule has 1 aliphatic rings. The largest absolute Gasteiger partial charge is 0.497 e. The van der Waals surface area contributed by atoms with E-state index in [0.29, 0.717) is 0 Å². The zero-order chi connectivity index (χ0) is 14.0. The lowest BCUT2D eigenvalue weighted by molar-refractivity contribution is 0.0932.